The van der Waals surface area contributed by atoms with Crippen LogP contribution in [-0.2, 0) is 0 Å². The summed E-state index contributed by atoms with van der Waals surface area (Å²) in [7, 11) is 0. The molecular formula is C12H14N3. The average Bonchev–Trinajstić information content (AvgIpc) is 2.65. The van der Waals surface area contributed by atoms with E-state index < -0.39 is 0 Å². The summed E-state index contributed by atoms with van der Waals surface area (Å²) < 4.78 is 2.03. The van der Waals surface area contributed by atoms with Crippen molar-refractivity contribution in [2.75, 3.05) is 0 Å². The number of benzene rings is 1. The molecule has 0 unspecified atom stereocenters. The normalized spacial score (nSPS) is 12.7. The smallest absolute Gasteiger partial charge is 0.110 e. The van der Waals surface area contributed by atoms with E-state index in [0.717, 1.165) is 17.1 Å². The zero-order valence-corrected chi connectivity index (χ0v) is 8.94. The van der Waals surface area contributed by atoms with E-state index in [2.05, 4.69) is 4.98 Å². The second kappa shape index (κ2) is 3.87. The minimum Gasteiger partial charge on any atom is -0.304 e. The lowest BCUT2D eigenvalue weighted by molar-refractivity contribution is 0.787. The topological polar surface area (TPSA) is 41.6 Å². The number of hydrogen-bond donors (Lipinski definition) is 0. The Kier molecular flexibility index (Phi) is 2.56. The quantitative estimate of drug-likeness (QED) is 0.734. The monoisotopic (exact) mass is 200 g/mol. The summed E-state index contributed by atoms with van der Waals surface area (Å²) >= 11 is 0. The Labute approximate surface area is 89.6 Å². The van der Waals surface area contributed by atoms with E-state index in [1.807, 2.05) is 48.9 Å². The third kappa shape index (κ3) is 1.92. The Hall–Kier alpha value is -1.61. The van der Waals surface area contributed by atoms with Crippen molar-refractivity contribution in [2.24, 2.45) is 0 Å². The molecule has 0 amide bonds. The number of rotatable bonds is 2. The summed E-state index contributed by atoms with van der Waals surface area (Å²) in [6.45, 7) is 3.85. The molecule has 1 heterocycles. The van der Waals surface area contributed by atoms with Crippen molar-refractivity contribution in [1.29, 1.82) is 0 Å². The standard InChI is InChI=1S/C12H14N3/c1-9(13)11-3-5-12(6-4-11)15-8-7-14-10(15)2/h3-9,13H,1-2H3/t9-/m0/s1. The largest absolute Gasteiger partial charge is 0.304 e. The van der Waals surface area contributed by atoms with Crippen molar-refractivity contribution in [2.45, 2.75) is 19.9 Å². The maximum absolute atomic E-state index is 7.59. The molecule has 0 fully saturated rings. The lowest BCUT2D eigenvalue weighted by atomic mass is 10.1. The van der Waals surface area contributed by atoms with Gasteiger partial charge >= 0.3 is 0 Å². The van der Waals surface area contributed by atoms with E-state index >= 15 is 0 Å². The third-order valence-corrected chi connectivity index (χ3v) is 2.50. The molecule has 0 aliphatic rings. The van der Waals surface area contributed by atoms with Gasteiger partial charge in [-0.05, 0) is 31.5 Å². The molecule has 0 bridgehead atoms. The van der Waals surface area contributed by atoms with E-state index in [1.54, 1.807) is 6.20 Å². The van der Waals surface area contributed by atoms with Crippen LogP contribution in [0, 0.1) is 6.92 Å². The second-order valence-corrected chi connectivity index (χ2v) is 3.66. The second-order valence-electron chi connectivity index (χ2n) is 3.66. The molecular weight excluding hydrogens is 186 g/mol. The molecule has 1 atom stereocenters. The van der Waals surface area contributed by atoms with Gasteiger partial charge in [-0.1, -0.05) is 12.1 Å². The number of nitrogens with one attached hydrogen (secondary N) is 1. The first kappa shape index (κ1) is 9.93. The molecule has 1 N–H and O–H groups in total. The molecule has 0 saturated carbocycles. The van der Waals surface area contributed by atoms with Crippen LogP contribution in [0.5, 0.6) is 0 Å². The van der Waals surface area contributed by atoms with E-state index in [1.165, 1.54) is 0 Å². The summed E-state index contributed by atoms with van der Waals surface area (Å²) in [5.41, 5.74) is 9.72. The summed E-state index contributed by atoms with van der Waals surface area (Å²) in [5, 5.41) is 0. The van der Waals surface area contributed by atoms with Crippen LogP contribution in [0.2, 0.25) is 0 Å². The first-order valence-corrected chi connectivity index (χ1v) is 5.00. The van der Waals surface area contributed by atoms with Gasteiger partial charge in [-0.15, -0.1) is 0 Å². The van der Waals surface area contributed by atoms with E-state index in [4.69, 9.17) is 5.73 Å². The minimum absolute atomic E-state index is 0.164. The van der Waals surface area contributed by atoms with Crippen molar-refractivity contribution in [3.05, 3.63) is 48.0 Å². The van der Waals surface area contributed by atoms with Gasteiger partial charge < -0.3 is 4.57 Å². The molecule has 77 valence electrons. The Morgan fingerprint density at radius 3 is 2.40 bits per heavy atom. The Morgan fingerprint density at radius 2 is 1.93 bits per heavy atom. The molecule has 1 aromatic carbocycles. The molecule has 2 aromatic rings. The highest BCUT2D eigenvalue weighted by Crippen LogP contribution is 2.15. The zero-order valence-electron chi connectivity index (χ0n) is 8.94. The molecule has 0 saturated heterocycles. The number of imidazole rings is 1. The summed E-state index contributed by atoms with van der Waals surface area (Å²) in [6.07, 6.45) is 3.73. The van der Waals surface area contributed by atoms with Crippen LogP contribution in [0.25, 0.3) is 5.69 Å². The fraction of sp³-hybridized carbons (Fsp3) is 0.250. The molecule has 1 aromatic heterocycles. The van der Waals surface area contributed by atoms with E-state index in [9.17, 15) is 0 Å². The van der Waals surface area contributed by atoms with Crippen molar-refractivity contribution < 1.29 is 0 Å². The van der Waals surface area contributed by atoms with Crippen molar-refractivity contribution in [1.82, 2.24) is 15.3 Å². The molecule has 1 radical (unpaired) electrons. The van der Waals surface area contributed by atoms with Crippen LogP contribution < -0.4 is 5.73 Å². The van der Waals surface area contributed by atoms with Crippen LogP contribution >= 0.6 is 0 Å². The molecule has 0 aliphatic carbocycles. The Morgan fingerprint density at radius 1 is 1.27 bits per heavy atom. The molecule has 0 aliphatic heterocycles. The van der Waals surface area contributed by atoms with Gasteiger partial charge in [0.05, 0.1) is 0 Å². The summed E-state index contributed by atoms with van der Waals surface area (Å²) in [4.78, 5) is 4.18. The van der Waals surface area contributed by atoms with Gasteiger partial charge in [-0.2, -0.15) is 0 Å². The predicted molar refractivity (Wildman–Crippen MR) is 59.8 cm³/mol. The molecule has 3 nitrogen and oxygen atoms in total. The number of aromatic nitrogens is 2. The highest BCUT2D eigenvalue weighted by atomic mass is 15.1. The van der Waals surface area contributed by atoms with Crippen molar-refractivity contribution >= 4 is 0 Å². The Balaban J connectivity index is 2.36. The van der Waals surface area contributed by atoms with Crippen LogP contribution in [-0.4, -0.2) is 9.55 Å². The minimum atomic E-state index is -0.164. The summed E-state index contributed by atoms with van der Waals surface area (Å²) in [5.74, 6) is 0.974. The number of aryl methyl sites for hydroxylation is 1. The van der Waals surface area contributed by atoms with Gasteiger partial charge in [0.1, 0.15) is 5.82 Å². The van der Waals surface area contributed by atoms with E-state index in [-0.39, 0.29) is 6.04 Å². The van der Waals surface area contributed by atoms with Crippen LogP contribution in [0.15, 0.2) is 36.7 Å². The molecule has 2 rings (SSSR count). The van der Waals surface area contributed by atoms with Gasteiger partial charge in [0, 0.05) is 24.1 Å². The van der Waals surface area contributed by atoms with Gasteiger partial charge in [-0.3, -0.25) is 5.73 Å². The Bertz CT molecular complexity index is 440. The fourth-order valence-corrected chi connectivity index (χ4v) is 1.57. The molecule has 3 heteroatoms. The van der Waals surface area contributed by atoms with Gasteiger partial charge in [-0.25, -0.2) is 4.98 Å². The SMILES string of the molecule is Cc1nccn1-c1ccc([C@H](C)[NH])cc1. The van der Waals surface area contributed by atoms with E-state index in [0.29, 0.717) is 0 Å². The van der Waals surface area contributed by atoms with Gasteiger partial charge in [0.25, 0.3) is 0 Å². The average molecular weight is 200 g/mol. The van der Waals surface area contributed by atoms with Crippen LogP contribution in [0.3, 0.4) is 0 Å². The van der Waals surface area contributed by atoms with Crippen molar-refractivity contribution in [3.63, 3.8) is 0 Å². The molecule has 0 spiro atoms. The maximum Gasteiger partial charge on any atom is 0.110 e. The zero-order chi connectivity index (χ0) is 10.8. The highest BCUT2D eigenvalue weighted by molar-refractivity contribution is 5.36. The predicted octanol–water partition coefficient (Wildman–Crippen LogP) is 2.52. The highest BCUT2D eigenvalue weighted by Gasteiger charge is 2.02. The van der Waals surface area contributed by atoms with Gasteiger partial charge in [0.2, 0.25) is 0 Å². The number of nitrogens with zero attached hydrogens (tertiary/aromatic N) is 2. The van der Waals surface area contributed by atoms with Crippen LogP contribution in [0.1, 0.15) is 24.4 Å². The maximum atomic E-state index is 7.59. The third-order valence-electron chi connectivity index (χ3n) is 2.50. The van der Waals surface area contributed by atoms with Gasteiger partial charge in [0.15, 0.2) is 0 Å². The molecule has 15 heavy (non-hydrogen) atoms. The van der Waals surface area contributed by atoms with Crippen molar-refractivity contribution in [3.8, 4) is 5.69 Å². The lowest BCUT2D eigenvalue weighted by Crippen LogP contribution is -1.97. The van der Waals surface area contributed by atoms with Crippen LogP contribution in [0.4, 0.5) is 0 Å². The first-order chi connectivity index (χ1) is 7.18. The summed E-state index contributed by atoms with van der Waals surface area (Å²) in [6, 6.07) is 7.87. The lowest BCUT2D eigenvalue weighted by Gasteiger charge is -2.08. The fourth-order valence-electron chi connectivity index (χ4n) is 1.57. The first-order valence-electron chi connectivity index (χ1n) is 5.00. The number of hydrogen-bond acceptors (Lipinski definition) is 1.